The van der Waals surface area contributed by atoms with Gasteiger partial charge >= 0.3 is 0 Å². The second-order valence-electron chi connectivity index (χ2n) is 4.05. The van der Waals surface area contributed by atoms with Crippen molar-refractivity contribution in [2.75, 3.05) is 13.6 Å². The summed E-state index contributed by atoms with van der Waals surface area (Å²) in [7, 11) is 2.13. The number of likely N-dealkylation sites (tertiary alicyclic amines) is 1. The Morgan fingerprint density at radius 2 is 2.25 bits per heavy atom. The van der Waals surface area contributed by atoms with Gasteiger partial charge in [0.15, 0.2) is 0 Å². The molecule has 1 fully saturated rings. The Hall–Kier alpha value is -0.0800. The number of rotatable bonds is 3. The molecule has 72 valence electrons. The molecule has 1 aliphatic heterocycles. The molecule has 1 N–H and O–H groups in total. The van der Waals surface area contributed by atoms with Crippen LogP contribution in [0.1, 0.15) is 39.5 Å². The lowest BCUT2D eigenvalue weighted by Crippen LogP contribution is -2.49. The van der Waals surface area contributed by atoms with Gasteiger partial charge in [0, 0.05) is 5.54 Å². The third-order valence-electron chi connectivity index (χ3n) is 3.32. The molecule has 1 aliphatic rings. The lowest BCUT2D eigenvalue weighted by atomic mass is 9.86. The molecule has 0 saturated carbocycles. The minimum atomic E-state index is -0.190. The Kier molecular flexibility index (Phi) is 3.13. The van der Waals surface area contributed by atoms with Crippen LogP contribution in [0.2, 0.25) is 0 Å². The van der Waals surface area contributed by atoms with Crippen molar-refractivity contribution in [3.63, 3.8) is 0 Å². The van der Waals surface area contributed by atoms with Gasteiger partial charge in [0.05, 0.1) is 6.10 Å². The van der Waals surface area contributed by atoms with Gasteiger partial charge < -0.3 is 5.11 Å². The van der Waals surface area contributed by atoms with Crippen LogP contribution in [0.3, 0.4) is 0 Å². The number of likely N-dealkylation sites (N-methyl/N-ethyl adjacent to an activating group) is 1. The average Bonchev–Trinajstić information content (AvgIpc) is 2.34. The highest BCUT2D eigenvalue weighted by Gasteiger charge is 2.41. The normalized spacial score (nSPS) is 34.0. The summed E-state index contributed by atoms with van der Waals surface area (Å²) in [6.45, 7) is 5.26. The molecule has 0 amide bonds. The van der Waals surface area contributed by atoms with Gasteiger partial charge in [0.2, 0.25) is 0 Å². The highest BCUT2D eigenvalue weighted by Crippen LogP contribution is 2.35. The van der Waals surface area contributed by atoms with E-state index in [1.54, 1.807) is 0 Å². The summed E-state index contributed by atoms with van der Waals surface area (Å²) < 4.78 is 0. The van der Waals surface area contributed by atoms with Gasteiger partial charge in [-0.2, -0.15) is 0 Å². The molecule has 0 aromatic carbocycles. The van der Waals surface area contributed by atoms with Crippen molar-refractivity contribution in [2.45, 2.75) is 51.2 Å². The van der Waals surface area contributed by atoms with E-state index in [2.05, 4.69) is 18.9 Å². The zero-order chi connectivity index (χ0) is 9.19. The quantitative estimate of drug-likeness (QED) is 0.697. The third-order valence-corrected chi connectivity index (χ3v) is 3.32. The molecule has 1 saturated heterocycles. The van der Waals surface area contributed by atoms with E-state index in [9.17, 15) is 5.11 Å². The molecule has 0 bridgehead atoms. The van der Waals surface area contributed by atoms with E-state index in [-0.39, 0.29) is 11.6 Å². The van der Waals surface area contributed by atoms with Crippen molar-refractivity contribution in [3.05, 3.63) is 0 Å². The molecular weight excluding hydrogens is 150 g/mol. The monoisotopic (exact) mass is 171 g/mol. The van der Waals surface area contributed by atoms with Crippen LogP contribution in [0.5, 0.6) is 0 Å². The fraction of sp³-hybridized carbons (Fsp3) is 1.00. The van der Waals surface area contributed by atoms with Crippen molar-refractivity contribution in [1.82, 2.24) is 4.90 Å². The molecule has 1 rings (SSSR count). The van der Waals surface area contributed by atoms with E-state index < -0.39 is 0 Å². The lowest BCUT2D eigenvalue weighted by molar-refractivity contribution is 0.0100. The first-order valence-electron chi connectivity index (χ1n) is 5.03. The maximum Gasteiger partial charge on any atom is 0.0695 e. The van der Waals surface area contributed by atoms with Crippen LogP contribution in [0.25, 0.3) is 0 Å². The molecule has 2 unspecified atom stereocenters. The molecule has 0 aromatic heterocycles. The minimum absolute atomic E-state index is 0.0920. The van der Waals surface area contributed by atoms with Crippen molar-refractivity contribution < 1.29 is 5.11 Å². The molecule has 2 nitrogen and oxygen atoms in total. The van der Waals surface area contributed by atoms with Gasteiger partial charge in [-0.3, -0.25) is 4.90 Å². The van der Waals surface area contributed by atoms with Crippen LogP contribution >= 0.6 is 0 Å². The molecule has 0 aliphatic carbocycles. The minimum Gasteiger partial charge on any atom is -0.391 e. The number of hydrogen-bond donors (Lipinski definition) is 1. The summed E-state index contributed by atoms with van der Waals surface area (Å²) in [5.74, 6) is 0. The number of aliphatic hydroxyl groups is 1. The summed E-state index contributed by atoms with van der Waals surface area (Å²) in [6, 6.07) is 0. The lowest BCUT2D eigenvalue weighted by Gasteiger charge is -2.39. The predicted molar refractivity (Wildman–Crippen MR) is 51.2 cm³/mol. The van der Waals surface area contributed by atoms with Gasteiger partial charge in [0.1, 0.15) is 0 Å². The Morgan fingerprint density at radius 1 is 1.58 bits per heavy atom. The summed E-state index contributed by atoms with van der Waals surface area (Å²) in [5.41, 5.74) is 0.0920. The molecule has 0 radical (unpaired) electrons. The first kappa shape index (κ1) is 10.0. The zero-order valence-corrected chi connectivity index (χ0v) is 8.51. The number of aliphatic hydroxyl groups excluding tert-OH is 1. The van der Waals surface area contributed by atoms with Crippen molar-refractivity contribution in [3.8, 4) is 0 Å². The topological polar surface area (TPSA) is 23.5 Å². The van der Waals surface area contributed by atoms with Crippen molar-refractivity contribution >= 4 is 0 Å². The Bertz CT molecular complexity index is 147. The number of hydrogen-bond acceptors (Lipinski definition) is 2. The fourth-order valence-electron chi connectivity index (χ4n) is 2.52. The predicted octanol–water partition coefficient (Wildman–Crippen LogP) is 1.63. The van der Waals surface area contributed by atoms with Crippen LogP contribution in [0.15, 0.2) is 0 Å². The van der Waals surface area contributed by atoms with E-state index >= 15 is 0 Å². The Morgan fingerprint density at radius 3 is 2.58 bits per heavy atom. The molecule has 2 heteroatoms. The van der Waals surface area contributed by atoms with Gasteiger partial charge in [-0.15, -0.1) is 0 Å². The Balaban J connectivity index is 2.70. The fourth-order valence-corrected chi connectivity index (χ4v) is 2.52. The van der Waals surface area contributed by atoms with Gasteiger partial charge in [-0.25, -0.2) is 0 Å². The van der Waals surface area contributed by atoms with E-state index in [1.165, 1.54) is 6.42 Å². The molecule has 0 spiro atoms. The largest absolute Gasteiger partial charge is 0.391 e. The van der Waals surface area contributed by atoms with Gasteiger partial charge in [-0.05, 0) is 39.8 Å². The first-order chi connectivity index (χ1) is 5.63. The Labute approximate surface area is 75.6 Å². The van der Waals surface area contributed by atoms with E-state index in [0.29, 0.717) is 0 Å². The van der Waals surface area contributed by atoms with Gasteiger partial charge in [0.25, 0.3) is 0 Å². The smallest absolute Gasteiger partial charge is 0.0695 e. The summed E-state index contributed by atoms with van der Waals surface area (Å²) in [5, 5.41) is 9.76. The van der Waals surface area contributed by atoms with Crippen LogP contribution in [0, 0.1) is 0 Å². The summed E-state index contributed by atoms with van der Waals surface area (Å²) in [6.07, 6.45) is 4.50. The SMILES string of the molecule is CCCC1(C(C)O)CCCN1C. The molecule has 2 atom stereocenters. The van der Waals surface area contributed by atoms with Crippen LogP contribution in [-0.4, -0.2) is 35.2 Å². The zero-order valence-electron chi connectivity index (χ0n) is 8.51. The van der Waals surface area contributed by atoms with Crippen LogP contribution in [-0.2, 0) is 0 Å². The molecule has 0 aromatic rings. The second-order valence-corrected chi connectivity index (χ2v) is 4.05. The molecule has 12 heavy (non-hydrogen) atoms. The standard InChI is InChI=1S/C10H21NO/c1-4-6-10(9(2)12)7-5-8-11(10)3/h9,12H,4-8H2,1-3H3. The third kappa shape index (κ3) is 1.50. The van der Waals surface area contributed by atoms with E-state index in [4.69, 9.17) is 0 Å². The van der Waals surface area contributed by atoms with Crippen molar-refractivity contribution in [1.29, 1.82) is 0 Å². The second kappa shape index (κ2) is 3.75. The summed E-state index contributed by atoms with van der Waals surface area (Å²) in [4.78, 5) is 2.33. The highest BCUT2D eigenvalue weighted by atomic mass is 16.3. The van der Waals surface area contributed by atoms with Crippen LogP contribution in [0.4, 0.5) is 0 Å². The maximum absolute atomic E-state index is 9.76. The van der Waals surface area contributed by atoms with Crippen molar-refractivity contribution in [2.24, 2.45) is 0 Å². The van der Waals surface area contributed by atoms with Crippen LogP contribution < -0.4 is 0 Å². The van der Waals surface area contributed by atoms with E-state index in [0.717, 1.165) is 25.8 Å². The van der Waals surface area contributed by atoms with E-state index in [1.807, 2.05) is 6.92 Å². The summed E-state index contributed by atoms with van der Waals surface area (Å²) >= 11 is 0. The first-order valence-corrected chi connectivity index (χ1v) is 5.03. The maximum atomic E-state index is 9.76. The molecule has 1 heterocycles. The average molecular weight is 171 g/mol. The highest BCUT2D eigenvalue weighted by molar-refractivity contribution is 4.97. The van der Waals surface area contributed by atoms with Gasteiger partial charge in [-0.1, -0.05) is 13.3 Å². The molecular formula is C10H21NO. The number of nitrogens with zero attached hydrogens (tertiary/aromatic N) is 1.